The number of nitrogens with one attached hydrogen (secondary N) is 2. The van der Waals surface area contributed by atoms with Crippen molar-refractivity contribution in [3.63, 3.8) is 0 Å². The maximum absolute atomic E-state index is 13.2. The summed E-state index contributed by atoms with van der Waals surface area (Å²) in [6.45, 7) is 3.94. The summed E-state index contributed by atoms with van der Waals surface area (Å²) in [5.41, 5.74) is 4.17. The van der Waals surface area contributed by atoms with E-state index in [1.165, 1.54) is 36.1 Å². The number of benzene rings is 2. The molecule has 0 saturated carbocycles. The maximum Gasteiger partial charge on any atom is 0.273 e. The van der Waals surface area contributed by atoms with Crippen LogP contribution < -0.4 is 15.5 Å². The van der Waals surface area contributed by atoms with Gasteiger partial charge in [-0.1, -0.05) is 0 Å². The van der Waals surface area contributed by atoms with Crippen LogP contribution in [0.15, 0.2) is 60.7 Å². The molecule has 1 aliphatic heterocycles. The van der Waals surface area contributed by atoms with Crippen molar-refractivity contribution in [2.45, 2.75) is 26.2 Å². The second-order valence-electron chi connectivity index (χ2n) is 8.94. The Hall–Kier alpha value is -4.27. The highest BCUT2D eigenvalue weighted by Gasteiger charge is 2.16. The monoisotopic (exact) mass is 485 g/mol. The molecule has 36 heavy (non-hydrogen) atoms. The van der Waals surface area contributed by atoms with Gasteiger partial charge in [0.1, 0.15) is 17.3 Å². The van der Waals surface area contributed by atoms with Gasteiger partial charge in [-0.25, -0.2) is 9.37 Å². The average molecular weight is 486 g/mol. The lowest BCUT2D eigenvalue weighted by atomic mass is 10.1. The first-order valence-electron chi connectivity index (χ1n) is 12.0. The molecule has 3 heterocycles. The number of anilines is 4. The Morgan fingerprint density at radius 2 is 1.61 bits per heavy atom. The molecule has 0 atom stereocenters. The van der Waals surface area contributed by atoms with Crippen molar-refractivity contribution in [2.75, 3.05) is 28.6 Å². The lowest BCUT2D eigenvalue weighted by Crippen LogP contribution is -2.31. The fourth-order valence-electron chi connectivity index (χ4n) is 4.27. The van der Waals surface area contributed by atoms with Gasteiger partial charge in [0.2, 0.25) is 5.95 Å². The molecule has 5 rings (SSSR count). The van der Waals surface area contributed by atoms with Crippen LogP contribution in [-0.4, -0.2) is 38.7 Å². The zero-order valence-corrected chi connectivity index (χ0v) is 20.3. The predicted molar refractivity (Wildman–Crippen MR) is 139 cm³/mol. The molecule has 9 heteroatoms. The van der Waals surface area contributed by atoms with Crippen LogP contribution in [0.3, 0.4) is 0 Å². The predicted octanol–water partition coefficient (Wildman–Crippen LogP) is 5.31. The molecule has 0 spiro atoms. The molecule has 2 aromatic heterocycles. The Kier molecular flexibility index (Phi) is 6.62. The van der Waals surface area contributed by atoms with Crippen LogP contribution in [0.5, 0.6) is 0 Å². The normalized spacial score (nSPS) is 13.5. The molecule has 2 aromatic carbocycles. The Balaban J connectivity index is 1.25. The maximum atomic E-state index is 13.2. The van der Waals surface area contributed by atoms with E-state index < -0.39 is 0 Å². The van der Waals surface area contributed by atoms with Crippen LogP contribution in [0, 0.1) is 12.7 Å². The SMILES string of the molecule is Cc1cc(Nc2ccc(NC(=O)c3cc(-c4ccc(F)cc4)nn3C)cc2)nc(N2CCCCC2)n1. The summed E-state index contributed by atoms with van der Waals surface area (Å²) in [7, 11) is 1.71. The minimum absolute atomic E-state index is 0.281. The van der Waals surface area contributed by atoms with Crippen LogP contribution >= 0.6 is 0 Å². The van der Waals surface area contributed by atoms with E-state index in [0.717, 1.165) is 41.8 Å². The quantitative estimate of drug-likeness (QED) is 0.385. The zero-order chi connectivity index (χ0) is 25.1. The molecule has 4 aromatic rings. The highest BCUT2D eigenvalue weighted by Crippen LogP contribution is 2.23. The fourth-order valence-corrected chi connectivity index (χ4v) is 4.27. The fraction of sp³-hybridized carbons (Fsp3) is 0.259. The molecule has 8 nitrogen and oxygen atoms in total. The van der Waals surface area contributed by atoms with Crippen LogP contribution in [0.4, 0.5) is 27.5 Å². The lowest BCUT2D eigenvalue weighted by Gasteiger charge is -2.27. The third kappa shape index (κ3) is 5.35. The molecule has 0 radical (unpaired) electrons. The zero-order valence-electron chi connectivity index (χ0n) is 20.3. The minimum atomic E-state index is -0.317. The third-order valence-electron chi connectivity index (χ3n) is 6.15. The van der Waals surface area contributed by atoms with Crippen molar-refractivity contribution in [3.05, 3.63) is 77.9 Å². The molecule has 1 aliphatic rings. The van der Waals surface area contributed by atoms with E-state index in [-0.39, 0.29) is 11.7 Å². The highest BCUT2D eigenvalue weighted by molar-refractivity contribution is 6.03. The Labute approximate surface area is 209 Å². The Morgan fingerprint density at radius 1 is 0.917 bits per heavy atom. The van der Waals surface area contributed by atoms with Crippen molar-refractivity contribution >= 4 is 29.0 Å². The van der Waals surface area contributed by atoms with E-state index in [0.29, 0.717) is 17.1 Å². The molecule has 1 fully saturated rings. The summed E-state index contributed by atoms with van der Waals surface area (Å²) in [6, 6.07) is 17.1. The second kappa shape index (κ2) is 10.2. The topological polar surface area (TPSA) is 88.0 Å². The molecule has 1 saturated heterocycles. The van der Waals surface area contributed by atoms with Crippen LogP contribution in [0.25, 0.3) is 11.3 Å². The van der Waals surface area contributed by atoms with Crippen LogP contribution in [0.1, 0.15) is 35.4 Å². The van der Waals surface area contributed by atoms with Gasteiger partial charge in [-0.3, -0.25) is 9.48 Å². The summed E-state index contributed by atoms with van der Waals surface area (Å²) in [4.78, 5) is 24.4. The van der Waals surface area contributed by atoms with Gasteiger partial charge in [-0.05, 0) is 80.8 Å². The molecule has 1 amide bonds. The third-order valence-corrected chi connectivity index (χ3v) is 6.15. The molecule has 0 aliphatic carbocycles. The van der Waals surface area contributed by atoms with Crippen LogP contribution in [0.2, 0.25) is 0 Å². The molecule has 0 bridgehead atoms. The van der Waals surface area contributed by atoms with E-state index in [4.69, 9.17) is 4.98 Å². The number of hydrogen-bond donors (Lipinski definition) is 2. The number of halogens is 1. The summed E-state index contributed by atoms with van der Waals surface area (Å²) in [5.74, 6) is 0.903. The molecular weight excluding hydrogens is 457 g/mol. The average Bonchev–Trinajstić information content (AvgIpc) is 3.27. The number of rotatable bonds is 6. The van der Waals surface area contributed by atoms with Gasteiger partial charge in [0, 0.05) is 48.8 Å². The molecule has 184 valence electrons. The Bertz CT molecular complexity index is 1360. The van der Waals surface area contributed by atoms with Crippen molar-refractivity contribution in [2.24, 2.45) is 7.05 Å². The van der Waals surface area contributed by atoms with E-state index in [1.807, 2.05) is 37.3 Å². The number of hydrogen-bond acceptors (Lipinski definition) is 6. The first-order valence-corrected chi connectivity index (χ1v) is 12.0. The van der Waals surface area contributed by atoms with E-state index >= 15 is 0 Å². The standard InChI is InChI=1S/C27H28FN7O/c1-18-16-25(32-27(29-18)35-14-4-3-5-15-35)30-21-10-12-22(13-11-21)31-26(36)24-17-23(33-34(24)2)19-6-8-20(28)9-7-19/h6-13,16-17H,3-5,14-15H2,1-2H3,(H,31,36)(H,29,30,32). The number of nitrogens with zero attached hydrogens (tertiary/aromatic N) is 5. The van der Waals surface area contributed by atoms with Crippen LogP contribution in [-0.2, 0) is 7.05 Å². The molecule has 2 N–H and O–H groups in total. The van der Waals surface area contributed by atoms with Crippen molar-refractivity contribution < 1.29 is 9.18 Å². The number of piperidine rings is 1. The highest BCUT2D eigenvalue weighted by atomic mass is 19.1. The van der Waals surface area contributed by atoms with Gasteiger partial charge in [0.15, 0.2) is 0 Å². The summed E-state index contributed by atoms with van der Waals surface area (Å²) < 4.78 is 14.7. The number of amides is 1. The number of aryl methyl sites for hydroxylation is 2. The lowest BCUT2D eigenvalue weighted by molar-refractivity contribution is 0.101. The largest absolute Gasteiger partial charge is 0.341 e. The number of carbonyl (C=O) groups is 1. The number of aromatic nitrogens is 4. The summed E-state index contributed by atoms with van der Waals surface area (Å²) in [6.07, 6.45) is 3.59. The van der Waals surface area contributed by atoms with Crippen molar-refractivity contribution in [1.29, 1.82) is 0 Å². The van der Waals surface area contributed by atoms with E-state index in [2.05, 4.69) is 25.6 Å². The van der Waals surface area contributed by atoms with Gasteiger partial charge in [-0.15, -0.1) is 0 Å². The van der Waals surface area contributed by atoms with Gasteiger partial charge in [-0.2, -0.15) is 10.1 Å². The van der Waals surface area contributed by atoms with Gasteiger partial charge >= 0.3 is 0 Å². The first-order chi connectivity index (χ1) is 17.4. The minimum Gasteiger partial charge on any atom is -0.341 e. The summed E-state index contributed by atoms with van der Waals surface area (Å²) >= 11 is 0. The van der Waals surface area contributed by atoms with E-state index in [9.17, 15) is 9.18 Å². The van der Waals surface area contributed by atoms with E-state index in [1.54, 1.807) is 25.2 Å². The second-order valence-corrected chi connectivity index (χ2v) is 8.94. The van der Waals surface area contributed by atoms with Gasteiger partial charge in [0.05, 0.1) is 5.69 Å². The van der Waals surface area contributed by atoms with Crippen molar-refractivity contribution in [3.8, 4) is 11.3 Å². The number of carbonyl (C=O) groups excluding carboxylic acids is 1. The van der Waals surface area contributed by atoms with Crippen molar-refractivity contribution in [1.82, 2.24) is 19.7 Å². The summed E-state index contributed by atoms with van der Waals surface area (Å²) in [5, 5.41) is 10.6. The Morgan fingerprint density at radius 3 is 2.33 bits per heavy atom. The smallest absolute Gasteiger partial charge is 0.273 e. The van der Waals surface area contributed by atoms with Gasteiger partial charge in [0.25, 0.3) is 5.91 Å². The first kappa shape index (κ1) is 23.5. The van der Waals surface area contributed by atoms with Gasteiger partial charge < -0.3 is 15.5 Å². The molecular formula is C27H28FN7O. The molecule has 0 unspecified atom stereocenters.